The second-order valence-electron chi connectivity index (χ2n) is 5.23. The predicted octanol–water partition coefficient (Wildman–Crippen LogP) is 0.0941. The first-order chi connectivity index (χ1) is 8.98. The number of nitrogens with one attached hydrogen (secondary N) is 1. The van der Waals surface area contributed by atoms with E-state index in [1.54, 1.807) is 0 Å². The van der Waals surface area contributed by atoms with Gasteiger partial charge in [-0.1, -0.05) is 0 Å². The van der Waals surface area contributed by atoms with Crippen molar-refractivity contribution in [2.24, 2.45) is 0 Å². The van der Waals surface area contributed by atoms with Gasteiger partial charge in [-0.05, 0) is 39.2 Å². The average molecular weight is 290 g/mol. The third-order valence-electron chi connectivity index (χ3n) is 4.12. The molecule has 0 spiro atoms. The van der Waals surface area contributed by atoms with Gasteiger partial charge in [-0.2, -0.15) is 4.31 Å². The van der Waals surface area contributed by atoms with Crippen LogP contribution in [0.4, 0.5) is 0 Å². The van der Waals surface area contributed by atoms with Gasteiger partial charge < -0.3 is 10.1 Å². The molecule has 0 aromatic heterocycles. The summed E-state index contributed by atoms with van der Waals surface area (Å²) in [6, 6.07) is 0.210. The third kappa shape index (κ3) is 2.78. The molecule has 2 aliphatic heterocycles. The van der Waals surface area contributed by atoms with Crippen LogP contribution in [0.3, 0.4) is 0 Å². The number of ether oxygens (including phenoxy) is 1. The van der Waals surface area contributed by atoms with Crippen molar-refractivity contribution in [3.05, 3.63) is 0 Å². The normalized spacial score (nSPS) is 30.4. The zero-order valence-corrected chi connectivity index (χ0v) is 12.3. The van der Waals surface area contributed by atoms with E-state index in [1.165, 1.54) is 18.3 Å². The van der Waals surface area contributed by atoms with Crippen LogP contribution >= 0.6 is 0 Å². The van der Waals surface area contributed by atoms with Crippen LogP contribution in [0.25, 0.3) is 0 Å². The minimum atomic E-state index is -3.62. The topological polar surface area (TPSA) is 75.7 Å². The standard InChI is InChI=1S/C12H22N2O4S/c1-9(12(15)18-2)19(16,17)14-8-4-6-11(14)10-5-3-7-13-10/h9-11,13H,3-8H2,1-2H3. The van der Waals surface area contributed by atoms with E-state index in [0.717, 1.165) is 32.2 Å². The zero-order valence-electron chi connectivity index (χ0n) is 11.5. The molecule has 2 saturated heterocycles. The Morgan fingerprint density at radius 3 is 2.68 bits per heavy atom. The molecule has 6 nitrogen and oxygen atoms in total. The van der Waals surface area contributed by atoms with Crippen LogP contribution in [0.5, 0.6) is 0 Å². The van der Waals surface area contributed by atoms with Crippen molar-refractivity contribution in [3.63, 3.8) is 0 Å². The summed E-state index contributed by atoms with van der Waals surface area (Å²) < 4.78 is 31.1. The summed E-state index contributed by atoms with van der Waals surface area (Å²) in [6.07, 6.45) is 3.81. The van der Waals surface area contributed by atoms with Crippen molar-refractivity contribution < 1.29 is 17.9 Å². The number of carbonyl (C=O) groups is 1. The molecular formula is C12H22N2O4S. The number of rotatable bonds is 4. The minimum Gasteiger partial charge on any atom is -0.468 e. The molecule has 0 aliphatic carbocycles. The molecule has 1 N–H and O–H groups in total. The van der Waals surface area contributed by atoms with E-state index in [0.29, 0.717) is 6.54 Å². The summed E-state index contributed by atoms with van der Waals surface area (Å²) in [6.45, 7) is 2.85. The molecule has 3 atom stereocenters. The maximum Gasteiger partial charge on any atom is 0.325 e. The van der Waals surface area contributed by atoms with Gasteiger partial charge in [-0.3, -0.25) is 4.79 Å². The van der Waals surface area contributed by atoms with Crippen LogP contribution in [0.1, 0.15) is 32.6 Å². The lowest BCUT2D eigenvalue weighted by Crippen LogP contribution is -2.50. The van der Waals surface area contributed by atoms with E-state index in [-0.39, 0.29) is 12.1 Å². The van der Waals surface area contributed by atoms with E-state index in [2.05, 4.69) is 10.1 Å². The third-order valence-corrected chi connectivity index (χ3v) is 6.31. The van der Waals surface area contributed by atoms with E-state index in [9.17, 15) is 13.2 Å². The Morgan fingerprint density at radius 2 is 2.11 bits per heavy atom. The molecule has 7 heteroatoms. The summed E-state index contributed by atoms with van der Waals surface area (Å²) in [5.74, 6) is -0.690. The van der Waals surface area contributed by atoms with E-state index in [4.69, 9.17) is 0 Å². The fraction of sp³-hybridized carbons (Fsp3) is 0.917. The maximum absolute atomic E-state index is 12.5. The summed E-state index contributed by atoms with van der Waals surface area (Å²) in [4.78, 5) is 11.5. The van der Waals surface area contributed by atoms with E-state index >= 15 is 0 Å². The molecule has 19 heavy (non-hydrogen) atoms. The van der Waals surface area contributed by atoms with Crippen LogP contribution in [0.2, 0.25) is 0 Å². The molecule has 0 saturated carbocycles. The van der Waals surface area contributed by atoms with Crippen LogP contribution in [-0.4, -0.2) is 56.2 Å². The number of nitrogens with zero attached hydrogens (tertiary/aromatic N) is 1. The molecule has 110 valence electrons. The highest BCUT2D eigenvalue weighted by molar-refractivity contribution is 7.90. The van der Waals surface area contributed by atoms with Crippen LogP contribution < -0.4 is 5.32 Å². The smallest absolute Gasteiger partial charge is 0.325 e. The monoisotopic (exact) mass is 290 g/mol. The first-order valence-corrected chi connectivity index (χ1v) is 8.30. The molecule has 2 rings (SSSR count). The van der Waals surface area contributed by atoms with Crippen molar-refractivity contribution in [1.29, 1.82) is 0 Å². The Kier molecular flexibility index (Phi) is 4.47. The molecule has 2 heterocycles. The van der Waals surface area contributed by atoms with Gasteiger partial charge in [0.05, 0.1) is 7.11 Å². The quantitative estimate of drug-likeness (QED) is 0.743. The lowest BCUT2D eigenvalue weighted by molar-refractivity contribution is -0.139. The molecular weight excluding hydrogens is 268 g/mol. The van der Waals surface area contributed by atoms with Crippen molar-refractivity contribution in [2.45, 2.75) is 49.9 Å². The van der Waals surface area contributed by atoms with Crippen molar-refractivity contribution in [3.8, 4) is 0 Å². The van der Waals surface area contributed by atoms with Crippen molar-refractivity contribution in [1.82, 2.24) is 9.62 Å². The first-order valence-electron chi connectivity index (χ1n) is 6.80. The summed E-state index contributed by atoms with van der Waals surface area (Å²) >= 11 is 0. The molecule has 2 fully saturated rings. The number of hydrogen-bond acceptors (Lipinski definition) is 5. The van der Waals surface area contributed by atoms with Crippen LogP contribution in [0, 0.1) is 0 Å². The second-order valence-corrected chi connectivity index (χ2v) is 7.44. The van der Waals surface area contributed by atoms with E-state index in [1.807, 2.05) is 0 Å². The van der Waals surface area contributed by atoms with Gasteiger partial charge in [-0.25, -0.2) is 8.42 Å². The summed E-state index contributed by atoms with van der Waals surface area (Å²) in [5, 5.41) is 2.23. The highest BCUT2D eigenvalue weighted by Gasteiger charge is 2.44. The van der Waals surface area contributed by atoms with Crippen LogP contribution in [0.15, 0.2) is 0 Å². The maximum atomic E-state index is 12.5. The Hall–Kier alpha value is -0.660. The molecule has 0 aromatic rings. The Morgan fingerprint density at radius 1 is 1.37 bits per heavy atom. The largest absolute Gasteiger partial charge is 0.468 e. The fourth-order valence-electron chi connectivity index (χ4n) is 3.01. The molecule has 0 amide bonds. The first kappa shape index (κ1) is 14.7. The number of sulfonamides is 1. The number of carbonyl (C=O) groups excluding carboxylic acids is 1. The second kappa shape index (κ2) is 5.76. The minimum absolute atomic E-state index is 0.0143. The number of esters is 1. The molecule has 3 unspecified atom stereocenters. The number of hydrogen-bond donors (Lipinski definition) is 1. The number of methoxy groups -OCH3 is 1. The lowest BCUT2D eigenvalue weighted by atomic mass is 10.1. The van der Waals surface area contributed by atoms with Crippen LogP contribution in [-0.2, 0) is 19.6 Å². The highest BCUT2D eigenvalue weighted by atomic mass is 32.2. The Labute approximate surface area is 114 Å². The van der Waals surface area contributed by atoms with E-state index < -0.39 is 21.2 Å². The van der Waals surface area contributed by atoms with Gasteiger partial charge in [0.25, 0.3) is 0 Å². The Bertz CT molecular complexity index is 431. The van der Waals surface area contributed by atoms with Crippen molar-refractivity contribution in [2.75, 3.05) is 20.2 Å². The highest BCUT2D eigenvalue weighted by Crippen LogP contribution is 2.29. The van der Waals surface area contributed by atoms with Gasteiger partial charge in [0.15, 0.2) is 5.25 Å². The summed E-state index contributed by atoms with van der Waals surface area (Å²) in [7, 11) is -2.40. The molecule has 0 aromatic carbocycles. The summed E-state index contributed by atoms with van der Waals surface area (Å²) in [5.41, 5.74) is 0. The van der Waals surface area contributed by atoms with Crippen molar-refractivity contribution >= 4 is 16.0 Å². The lowest BCUT2D eigenvalue weighted by Gasteiger charge is -2.30. The van der Waals surface area contributed by atoms with Gasteiger partial charge in [-0.15, -0.1) is 0 Å². The SMILES string of the molecule is COC(=O)C(C)S(=O)(=O)N1CCCC1C1CCCN1. The zero-order chi connectivity index (χ0) is 14.0. The molecule has 2 aliphatic rings. The fourth-order valence-corrected chi connectivity index (χ4v) is 4.77. The Balaban J connectivity index is 2.16. The van der Waals surface area contributed by atoms with Gasteiger partial charge in [0.2, 0.25) is 10.0 Å². The predicted molar refractivity (Wildman–Crippen MR) is 71.2 cm³/mol. The van der Waals surface area contributed by atoms with Gasteiger partial charge in [0.1, 0.15) is 0 Å². The van der Waals surface area contributed by atoms with Gasteiger partial charge in [0, 0.05) is 18.6 Å². The average Bonchev–Trinajstić information content (AvgIpc) is 3.05. The molecule has 0 radical (unpaired) electrons. The van der Waals surface area contributed by atoms with Gasteiger partial charge >= 0.3 is 5.97 Å². The molecule has 0 bridgehead atoms.